The molecule has 1 aliphatic rings. The van der Waals surface area contributed by atoms with Crippen LogP contribution >= 0.6 is 0 Å². The first kappa shape index (κ1) is 18.3. The van der Waals surface area contributed by atoms with E-state index in [9.17, 15) is 5.11 Å². The van der Waals surface area contributed by atoms with Crippen LogP contribution in [-0.4, -0.2) is 32.4 Å². The largest absolute Gasteiger partial charge is 0.405 e. The standard InChI is InChI=1S/C21H28O3Si/c1-21(2,3)25(18-10-6-4-7-11-18,19-12-8-5-9-13-19)23-16-17-14-15-20(22)24-17/h4-13,17,20,22H,14-16H2,1-3H3. The fourth-order valence-electron chi connectivity index (χ4n) is 3.79. The van der Waals surface area contributed by atoms with E-state index in [4.69, 9.17) is 9.16 Å². The first-order valence-corrected chi connectivity index (χ1v) is 10.9. The summed E-state index contributed by atoms with van der Waals surface area (Å²) in [5, 5.41) is 12.2. The first-order chi connectivity index (χ1) is 11.9. The van der Waals surface area contributed by atoms with Crippen LogP contribution in [0.25, 0.3) is 0 Å². The van der Waals surface area contributed by atoms with Crippen LogP contribution in [0.5, 0.6) is 0 Å². The van der Waals surface area contributed by atoms with Crippen LogP contribution in [-0.2, 0) is 9.16 Å². The molecule has 0 radical (unpaired) electrons. The van der Waals surface area contributed by atoms with Gasteiger partial charge in [0.25, 0.3) is 8.32 Å². The van der Waals surface area contributed by atoms with Crippen LogP contribution in [0.4, 0.5) is 0 Å². The molecule has 1 aliphatic heterocycles. The van der Waals surface area contributed by atoms with E-state index in [2.05, 4.69) is 69.3 Å². The zero-order valence-electron chi connectivity index (χ0n) is 15.3. The Morgan fingerprint density at radius 3 is 1.88 bits per heavy atom. The van der Waals surface area contributed by atoms with Crippen molar-refractivity contribution in [1.29, 1.82) is 0 Å². The topological polar surface area (TPSA) is 38.7 Å². The fourth-order valence-corrected chi connectivity index (χ4v) is 8.38. The normalized spacial score (nSPS) is 21.4. The third-order valence-electron chi connectivity index (χ3n) is 4.99. The summed E-state index contributed by atoms with van der Waals surface area (Å²) in [6.45, 7) is 7.32. The molecular formula is C21H28O3Si. The van der Waals surface area contributed by atoms with Crippen molar-refractivity contribution in [3.05, 3.63) is 60.7 Å². The van der Waals surface area contributed by atoms with Gasteiger partial charge < -0.3 is 14.3 Å². The van der Waals surface area contributed by atoms with Gasteiger partial charge in [-0.05, 0) is 21.8 Å². The monoisotopic (exact) mass is 356 g/mol. The third-order valence-corrected chi connectivity index (χ3v) is 9.99. The molecule has 2 atom stereocenters. The highest BCUT2D eigenvalue weighted by Crippen LogP contribution is 2.37. The lowest BCUT2D eigenvalue weighted by molar-refractivity contribution is -0.0992. The van der Waals surface area contributed by atoms with Gasteiger partial charge in [0.1, 0.15) is 0 Å². The molecule has 1 fully saturated rings. The number of hydrogen-bond acceptors (Lipinski definition) is 3. The smallest absolute Gasteiger partial charge is 0.261 e. The predicted octanol–water partition coefficient (Wildman–Crippen LogP) is 3.06. The lowest BCUT2D eigenvalue weighted by atomic mass is 10.2. The lowest BCUT2D eigenvalue weighted by Gasteiger charge is -2.43. The second-order valence-electron chi connectivity index (χ2n) is 7.76. The van der Waals surface area contributed by atoms with Gasteiger partial charge in [-0.15, -0.1) is 0 Å². The van der Waals surface area contributed by atoms with Crippen molar-refractivity contribution in [3.63, 3.8) is 0 Å². The van der Waals surface area contributed by atoms with Crippen LogP contribution in [0.15, 0.2) is 60.7 Å². The molecule has 4 heteroatoms. The zero-order chi connectivity index (χ0) is 17.9. The third kappa shape index (κ3) is 3.72. The minimum Gasteiger partial charge on any atom is -0.405 e. The van der Waals surface area contributed by atoms with Crippen LogP contribution in [0.1, 0.15) is 33.6 Å². The quantitative estimate of drug-likeness (QED) is 0.837. The maximum absolute atomic E-state index is 9.66. The van der Waals surface area contributed by atoms with E-state index in [0.717, 1.165) is 6.42 Å². The molecule has 0 bridgehead atoms. The highest BCUT2D eigenvalue weighted by molar-refractivity contribution is 6.99. The van der Waals surface area contributed by atoms with Crippen molar-refractivity contribution in [2.24, 2.45) is 0 Å². The SMILES string of the molecule is CC(C)(C)[Si](OCC1CCC(O)O1)(c1ccccc1)c1ccccc1. The van der Waals surface area contributed by atoms with E-state index >= 15 is 0 Å². The number of aliphatic hydroxyl groups is 1. The fraction of sp³-hybridized carbons (Fsp3) is 0.429. The second kappa shape index (κ2) is 7.42. The summed E-state index contributed by atoms with van der Waals surface area (Å²) in [6.07, 6.45) is 0.859. The van der Waals surface area contributed by atoms with Crippen LogP contribution in [0.3, 0.4) is 0 Å². The number of benzene rings is 2. The van der Waals surface area contributed by atoms with Crippen molar-refractivity contribution >= 4 is 18.7 Å². The van der Waals surface area contributed by atoms with Gasteiger partial charge in [0, 0.05) is 6.42 Å². The number of ether oxygens (including phenoxy) is 1. The van der Waals surface area contributed by atoms with Gasteiger partial charge in [-0.25, -0.2) is 0 Å². The van der Waals surface area contributed by atoms with E-state index < -0.39 is 14.6 Å². The molecule has 0 aliphatic carbocycles. The van der Waals surface area contributed by atoms with E-state index in [1.165, 1.54) is 10.4 Å². The van der Waals surface area contributed by atoms with E-state index in [1.54, 1.807) is 0 Å². The highest BCUT2D eigenvalue weighted by Gasteiger charge is 2.50. The number of rotatable bonds is 5. The zero-order valence-corrected chi connectivity index (χ0v) is 16.3. The molecule has 0 aromatic heterocycles. The maximum Gasteiger partial charge on any atom is 0.261 e. The molecule has 2 unspecified atom stereocenters. The predicted molar refractivity (Wildman–Crippen MR) is 104 cm³/mol. The Morgan fingerprint density at radius 1 is 0.960 bits per heavy atom. The molecule has 25 heavy (non-hydrogen) atoms. The van der Waals surface area contributed by atoms with Crippen LogP contribution in [0, 0.1) is 0 Å². The maximum atomic E-state index is 9.66. The Kier molecular flexibility index (Phi) is 5.44. The molecule has 1 N–H and O–H groups in total. The summed E-state index contributed by atoms with van der Waals surface area (Å²) < 4.78 is 12.4. The van der Waals surface area contributed by atoms with E-state index in [-0.39, 0.29) is 11.1 Å². The molecule has 1 heterocycles. The summed E-state index contributed by atoms with van der Waals surface area (Å²) in [5.41, 5.74) is 0. The van der Waals surface area contributed by atoms with Crippen molar-refractivity contribution in [2.75, 3.05) is 6.61 Å². The van der Waals surface area contributed by atoms with Gasteiger partial charge >= 0.3 is 0 Å². The molecule has 0 amide bonds. The molecule has 2 aromatic carbocycles. The number of hydrogen-bond donors (Lipinski definition) is 1. The van der Waals surface area contributed by atoms with Crippen molar-refractivity contribution in [2.45, 2.75) is 51.0 Å². The van der Waals surface area contributed by atoms with Gasteiger partial charge in [-0.1, -0.05) is 81.4 Å². The van der Waals surface area contributed by atoms with Crippen LogP contribution < -0.4 is 10.4 Å². The summed E-state index contributed by atoms with van der Waals surface area (Å²) in [7, 11) is -2.50. The van der Waals surface area contributed by atoms with Crippen LogP contribution in [0.2, 0.25) is 5.04 Å². The van der Waals surface area contributed by atoms with E-state index in [0.29, 0.717) is 13.0 Å². The highest BCUT2D eigenvalue weighted by atomic mass is 28.4. The van der Waals surface area contributed by atoms with Gasteiger partial charge in [0.2, 0.25) is 0 Å². The molecule has 0 spiro atoms. The van der Waals surface area contributed by atoms with Crippen molar-refractivity contribution in [1.82, 2.24) is 0 Å². The lowest BCUT2D eigenvalue weighted by Crippen LogP contribution is -2.67. The molecule has 1 saturated heterocycles. The average Bonchev–Trinajstić information content (AvgIpc) is 3.02. The molecule has 134 valence electrons. The molecule has 0 saturated carbocycles. The van der Waals surface area contributed by atoms with Gasteiger partial charge in [-0.3, -0.25) is 0 Å². The van der Waals surface area contributed by atoms with Crippen molar-refractivity contribution < 1.29 is 14.3 Å². The minimum atomic E-state index is -2.50. The Morgan fingerprint density at radius 2 is 1.48 bits per heavy atom. The molecule has 3 nitrogen and oxygen atoms in total. The Hall–Kier alpha value is -1.46. The van der Waals surface area contributed by atoms with E-state index in [1.807, 2.05) is 12.1 Å². The van der Waals surface area contributed by atoms with Gasteiger partial charge in [-0.2, -0.15) is 0 Å². The summed E-state index contributed by atoms with van der Waals surface area (Å²) in [4.78, 5) is 0. The van der Waals surface area contributed by atoms with Crippen molar-refractivity contribution in [3.8, 4) is 0 Å². The van der Waals surface area contributed by atoms with Gasteiger partial charge in [0.15, 0.2) is 6.29 Å². The summed E-state index contributed by atoms with van der Waals surface area (Å²) in [6, 6.07) is 21.2. The summed E-state index contributed by atoms with van der Waals surface area (Å²) >= 11 is 0. The number of aliphatic hydroxyl groups excluding tert-OH is 1. The Bertz CT molecular complexity index is 627. The van der Waals surface area contributed by atoms with Gasteiger partial charge in [0.05, 0.1) is 12.7 Å². The Balaban J connectivity index is 2.02. The molecule has 2 aromatic rings. The Labute approximate surface area is 151 Å². The summed E-state index contributed by atoms with van der Waals surface area (Å²) in [5.74, 6) is 0. The average molecular weight is 357 g/mol. The minimum absolute atomic E-state index is 0.0309. The first-order valence-electron chi connectivity index (χ1n) is 9.02. The molecule has 3 rings (SSSR count). The molecular weight excluding hydrogens is 328 g/mol. The second-order valence-corrected chi connectivity index (χ2v) is 12.1.